The molecule has 1 N–H and O–H groups in total. The molecular formula is C15H11NO5S2. The molecule has 0 unspecified atom stereocenters. The van der Waals surface area contributed by atoms with Crippen LogP contribution in [0.3, 0.4) is 0 Å². The third kappa shape index (κ3) is 2.64. The Kier molecular flexibility index (Phi) is 4.18. The molecule has 23 heavy (non-hydrogen) atoms. The highest BCUT2D eigenvalue weighted by molar-refractivity contribution is 8.29. The molecule has 2 aliphatic heterocycles. The number of nitrogens with one attached hydrogen (secondary N) is 1. The Morgan fingerprint density at radius 3 is 2.13 bits per heavy atom. The van der Waals surface area contributed by atoms with E-state index in [0.29, 0.717) is 15.5 Å². The molecule has 2 aliphatic rings. The van der Waals surface area contributed by atoms with Crippen molar-refractivity contribution in [3.05, 3.63) is 43.9 Å². The minimum atomic E-state index is -0.634. The molecule has 1 aromatic rings. The van der Waals surface area contributed by atoms with Crippen molar-refractivity contribution in [3.8, 4) is 0 Å². The summed E-state index contributed by atoms with van der Waals surface area (Å²) >= 11 is 2.09. The van der Waals surface area contributed by atoms with Gasteiger partial charge in [0.15, 0.2) is 0 Å². The second-order valence-corrected chi connectivity index (χ2v) is 6.81. The summed E-state index contributed by atoms with van der Waals surface area (Å²) in [7, 11) is 2.47. The number of hydrogen-bond donors (Lipinski definition) is 1. The van der Waals surface area contributed by atoms with Crippen LogP contribution in [0.5, 0.6) is 0 Å². The van der Waals surface area contributed by atoms with Crippen LogP contribution < -0.4 is 5.32 Å². The van der Waals surface area contributed by atoms with Crippen molar-refractivity contribution in [2.75, 3.05) is 19.5 Å². The van der Waals surface area contributed by atoms with Crippen molar-refractivity contribution in [3.63, 3.8) is 0 Å². The molecule has 118 valence electrons. The number of anilines is 1. The summed E-state index contributed by atoms with van der Waals surface area (Å²) in [6.45, 7) is 0. The van der Waals surface area contributed by atoms with Crippen molar-refractivity contribution in [2.24, 2.45) is 0 Å². The molecule has 0 spiro atoms. The van der Waals surface area contributed by atoms with Crippen molar-refractivity contribution < 1.29 is 23.9 Å². The van der Waals surface area contributed by atoms with Gasteiger partial charge < -0.3 is 14.8 Å². The van der Waals surface area contributed by atoms with Crippen LogP contribution >= 0.6 is 23.5 Å². The van der Waals surface area contributed by atoms with E-state index in [1.54, 1.807) is 6.07 Å². The Hall–Kier alpha value is -2.19. The van der Waals surface area contributed by atoms with Crippen LogP contribution in [-0.4, -0.2) is 32.1 Å². The monoisotopic (exact) mass is 349 g/mol. The molecule has 8 heteroatoms. The highest BCUT2D eigenvalue weighted by Crippen LogP contribution is 2.54. The summed E-state index contributed by atoms with van der Waals surface area (Å²) in [5, 5.41) is 2.77. The molecule has 0 aromatic heterocycles. The number of esters is 2. The van der Waals surface area contributed by atoms with E-state index in [4.69, 9.17) is 9.47 Å². The fraction of sp³-hybridized carbons (Fsp3) is 0.133. The molecule has 0 atom stereocenters. The van der Waals surface area contributed by atoms with E-state index < -0.39 is 11.9 Å². The van der Waals surface area contributed by atoms with Gasteiger partial charge in [0.2, 0.25) is 0 Å². The first kappa shape index (κ1) is 15.7. The summed E-state index contributed by atoms with van der Waals surface area (Å²) in [5.74, 6) is -1.54. The van der Waals surface area contributed by atoms with Gasteiger partial charge in [-0.2, -0.15) is 0 Å². The van der Waals surface area contributed by atoms with Crippen LogP contribution in [0.2, 0.25) is 0 Å². The first-order chi connectivity index (χ1) is 11.1. The number of para-hydroxylation sites is 1. The zero-order valence-electron chi connectivity index (χ0n) is 12.2. The summed E-state index contributed by atoms with van der Waals surface area (Å²) in [6, 6.07) is 7.24. The van der Waals surface area contributed by atoms with E-state index >= 15 is 0 Å². The standard InChI is InChI=1S/C15H11NO5S2/c1-20-13(18)10-11(14(19)21-2)23-15(22-10)9-7-5-3-4-6-8(7)16-12(9)17/h3-6H,1-2H3,(H,16,17). The Balaban J connectivity index is 2.06. The number of carbonyl (C=O) groups excluding carboxylic acids is 3. The molecule has 1 amide bonds. The van der Waals surface area contributed by atoms with Gasteiger partial charge in [-0.3, -0.25) is 4.79 Å². The zero-order chi connectivity index (χ0) is 16.6. The molecule has 3 rings (SSSR count). The lowest BCUT2D eigenvalue weighted by molar-refractivity contribution is -0.138. The van der Waals surface area contributed by atoms with E-state index in [1.165, 1.54) is 14.2 Å². The van der Waals surface area contributed by atoms with Gasteiger partial charge in [-0.1, -0.05) is 41.7 Å². The first-order valence-electron chi connectivity index (χ1n) is 6.48. The number of hydrogen-bond acceptors (Lipinski definition) is 7. The van der Waals surface area contributed by atoms with Gasteiger partial charge in [0.25, 0.3) is 5.91 Å². The van der Waals surface area contributed by atoms with Gasteiger partial charge in [0, 0.05) is 11.3 Å². The zero-order valence-corrected chi connectivity index (χ0v) is 13.8. The smallest absolute Gasteiger partial charge is 0.346 e. The third-order valence-corrected chi connectivity index (χ3v) is 5.77. The van der Waals surface area contributed by atoms with Crippen LogP contribution in [0.1, 0.15) is 5.56 Å². The highest BCUT2D eigenvalue weighted by atomic mass is 32.2. The van der Waals surface area contributed by atoms with Gasteiger partial charge in [-0.15, -0.1) is 0 Å². The van der Waals surface area contributed by atoms with Crippen molar-refractivity contribution >= 4 is 52.6 Å². The number of methoxy groups -OCH3 is 2. The minimum Gasteiger partial charge on any atom is -0.465 e. The molecule has 6 nitrogen and oxygen atoms in total. The van der Waals surface area contributed by atoms with E-state index in [-0.39, 0.29) is 15.7 Å². The molecule has 0 saturated heterocycles. The molecule has 0 bridgehead atoms. The number of rotatable bonds is 2. The average molecular weight is 349 g/mol. The molecule has 0 fully saturated rings. The van der Waals surface area contributed by atoms with Gasteiger partial charge in [-0.25, -0.2) is 9.59 Å². The summed E-state index contributed by atoms with van der Waals surface area (Å²) in [5.41, 5.74) is 1.88. The molecule has 0 saturated carbocycles. The number of fused-ring (bicyclic) bond motifs is 1. The number of ether oxygens (including phenoxy) is 2. The lowest BCUT2D eigenvalue weighted by Gasteiger charge is -2.02. The average Bonchev–Trinajstić information content (AvgIpc) is 3.13. The van der Waals surface area contributed by atoms with Crippen LogP contribution in [0, 0.1) is 0 Å². The molecule has 0 radical (unpaired) electrons. The Morgan fingerprint density at radius 1 is 1.00 bits per heavy atom. The largest absolute Gasteiger partial charge is 0.465 e. The Morgan fingerprint density at radius 2 is 1.57 bits per heavy atom. The molecule has 1 aromatic carbocycles. The van der Waals surface area contributed by atoms with Gasteiger partial charge in [0.1, 0.15) is 9.81 Å². The van der Waals surface area contributed by atoms with Gasteiger partial charge >= 0.3 is 11.9 Å². The fourth-order valence-electron chi connectivity index (χ4n) is 2.18. The molecular weight excluding hydrogens is 338 g/mol. The Labute approximate surface area is 140 Å². The number of thioether (sulfide) groups is 2. The van der Waals surface area contributed by atoms with E-state index in [1.807, 2.05) is 18.2 Å². The maximum absolute atomic E-state index is 12.3. The normalized spacial score (nSPS) is 16.3. The summed E-state index contributed by atoms with van der Waals surface area (Å²) in [6.07, 6.45) is 0. The SMILES string of the molecule is COC(=O)C1=C(C(=O)OC)SC(=C2C(=O)Nc3ccccc32)S1. The first-order valence-corrected chi connectivity index (χ1v) is 8.11. The summed E-state index contributed by atoms with van der Waals surface area (Å²) in [4.78, 5) is 36.3. The van der Waals surface area contributed by atoms with Crippen molar-refractivity contribution in [1.29, 1.82) is 0 Å². The minimum absolute atomic E-state index is 0.129. The highest BCUT2D eigenvalue weighted by Gasteiger charge is 2.37. The second kappa shape index (κ2) is 6.13. The van der Waals surface area contributed by atoms with E-state index in [0.717, 1.165) is 29.1 Å². The van der Waals surface area contributed by atoms with Crippen LogP contribution in [0.25, 0.3) is 5.57 Å². The number of amides is 1. The Bertz CT molecular complexity index is 767. The quantitative estimate of drug-likeness (QED) is 0.648. The van der Waals surface area contributed by atoms with Crippen LogP contribution in [0.4, 0.5) is 5.69 Å². The van der Waals surface area contributed by atoms with Crippen molar-refractivity contribution in [2.45, 2.75) is 0 Å². The van der Waals surface area contributed by atoms with Crippen molar-refractivity contribution in [1.82, 2.24) is 0 Å². The van der Waals surface area contributed by atoms with Gasteiger partial charge in [0.05, 0.1) is 24.0 Å². The number of benzene rings is 1. The fourth-order valence-corrected chi connectivity index (χ4v) is 4.76. The topological polar surface area (TPSA) is 81.7 Å². The maximum Gasteiger partial charge on any atom is 0.346 e. The number of carbonyl (C=O) groups is 3. The summed E-state index contributed by atoms with van der Waals surface area (Å²) < 4.78 is 9.96. The van der Waals surface area contributed by atoms with E-state index in [9.17, 15) is 14.4 Å². The van der Waals surface area contributed by atoms with E-state index in [2.05, 4.69) is 5.32 Å². The van der Waals surface area contributed by atoms with Crippen LogP contribution in [0.15, 0.2) is 38.3 Å². The van der Waals surface area contributed by atoms with Gasteiger partial charge in [-0.05, 0) is 6.07 Å². The second-order valence-electron chi connectivity index (χ2n) is 4.51. The third-order valence-electron chi connectivity index (χ3n) is 3.21. The predicted molar refractivity (Wildman–Crippen MR) is 88.2 cm³/mol. The predicted octanol–water partition coefficient (Wildman–Crippen LogP) is 2.34. The molecule has 0 aliphatic carbocycles. The molecule has 2 heterocycles. The maximum atomic E-state index is 12.3. The van der Waals surface area contributed by atoms with Crippen LogP contribution in [-0.2, 0) is 23.9 Å². The lowest BCUT2D eigenvalue weighted by atomic mass is 10.1. The lowest BCUT2D eigenvalue weighted by Crippen LogP contribution is -2.08.